The molecule has 0 spiro atoms. The highest BCUT2D eigenvalue weighted by Gasteiger charge is 2.18. The van der Waals surface area contributed by atoms with Gasteiger partial charge in [0.15, 0.2) is 0 Å². The summed E-state index contributed by atoms with van der Waals surface area (Å²) >= 11 is 3.51. The van der Waals surface area contributed by atoms with Gasteiger partial charge in [-0.1, -0.05) is 70.5 Å². The third-order valence-electron chi connectivity index (χ3n) is 4.28. The van der Waals surface area contributed by atoms with E-state index >= 15 is 0 Å². The van der Waals surface area contributed by atoms with Crippen molar-refractivity contribution >= 4 is 15.9 Å². The van der Waals surface area contributed by atoms with Crippen molar-refractivity contribution < 1.29 is 0 Å². The second-order valence-electron chi connectivity index (χ2n) is 5.50. The molecule has 21 heavy (non-hydrogen) atoms. The molecule has 0 N–H and O–H groups in total. The summed E-state index contributed by atoms with van der Waals surface area (Å²) < 4.78 is 1.13. The summed E-state index contributed by atoms with van der Waals surface area (Å²) in [7, 11) is 0. The Morgan fingerprint density at radius 3 is 2.19 bits per heavy atom. The van der Waals surface area contributed by atoms with Gasteiger partial charge in [-0.15, -0.1) is 0 Å². The third-order valence-corrected chi connectivity index (χ3v) is 4.81. The lowest BCUT2D eigenvalue weighted by molar-refractivity contribution is 0.944. The molecule has 0 saturated heterocycles. The Morgan fingerprint density at radius 1 is 0.619 bits per heavy atom. The molecule has 0 bridgehead atoms. The van der Waals surface area contributed by atoms with Crippen LogP contribution in [0.25, 0.3) is 22.3 Å². The summed E-state index contributed by atoms with van der Waals surface area (Å²) in [6.45, 7) is 0. The van der Waals surface area contributed by atoms with E-state index in [9.17, 15) is 0 Å². The van der Waals surface area contributed by atoms with Crippen molar-refractivity contribution in [1.82, 2.24) is 0 Å². The van der Waals surface area contributed by atoms with Gasteiger partial charge < -0.3 is 0 Å². The Labute approximate surface area is 133 Å². The van der Waals surface area contributed by atoms with Crippen molar-refractivity contribution in [3.8, 4) is 22.3 Å². The lowest BCUT2D eigenvalue weighted by Gasteiger charge is -2.22. The molecule has 102 valence electrons. The van der Waals surface area contributed by atoms with Gasteiger partial charge in [0.05, 0.1) is 0 Å². The minimum atomic E-state index is 1.12. The molecule has 3 aromatic carbocycles. The fraction of sp³-hybridized carbons (Fsp3) is 0.100. The largest absolute Gasteiger partial charge is 0.0620 e. The minimum absolute atomic E-state index is 1.12. The Kier molecular flexibility index (Phi) is 3.16. The second-order valence-corrected chi connectivity index (χ2v) is 6.41. The molecule has 0 amide bonds. The molecule has 0 heterocycles. The van der Waals surface area contributed by atoms with Crippen molar-refractivity contribution in [3.05, 3.63) is 82.3 Å². The van der Waals surface area contributed by atoms with E-state index in [0.29, 0.717) is 0 Å². The van der Waals surface area contributed by atoms with Crippen molar-refractivity contribution in [3.63, 3.8) is 0 Å². The van der Waals surface area contributed by atoms with Crippen LogP contribution in [0.15, 0.2) is 71.2 Å². The molecule has 1 heteroatoms. The molecule has 0 nitrogen and oxygen atoms in total. The molecule has 0 radical (unpaired) electrons. The smallest absolute Gasteiger partial charge is 0.0175 e. The van der Waals surface area contributed by atoms with Gasteiger partial charge in [0.25, 0.3) is 0 Å². The van der Waals surface area contributed by atoms with Gasteiger partial charge in [0.1, 0.15) is 0 Å². The molecular formula is C20H15Br. The van der Waals surface area contributed by atoms with Crippen LogP contribution in [0.2, 0.25) is 0 Å². The van der Waals surface area contributed by atoms with Crippen LogP contribution < -0.4 is 0 Å². The Bertz CT molecular complexity index is 800. The number of fused-ring (bicyclic) bond motifs is 3. The molecule has 0 saturated carbocycles. The maximum absolute atomic E-state index is 3.51. The van der Waals surface area contributed by atoms with Gasteiger partial charge in [-0.2, -0.15) is 0 Å². The number of benzene rings is 3. The summed E-state index contributed by atoms with van der Waals surface area (Å²) in [6, 6.07) is 24.1. The molecule has 0 unspecified atom stereocenters. The van der Waals surface area contributed by atoms with E-state index in [1.165, 1.54) is 33.4 Å². The van der Waals surface area contributed by atoms with E-state index in [1.54, 1.807) is 0 Å². The number of rotatable bonds is 1. The van der Waals surface area contributed by atoms with Crippen molar-refractivity contribution in [2.75, 3.05) is 0 Å². The number of halogens is 1. The average molecular weight is 335 g/mol. The lowest BCUT2D eigenvalue weighted by atomic mass is 9.82. The standard InChI is InChI=1S/C20H15Br/c21-16-11-8-15(9-12-16)18-6-3-7-19-17-5-2-1-4-14(17)10-13-20(18)19/h1-9,11-12H,10,13H2. The van der Waals surface area contributed by atoms with Crippen LogP contribution in [0.1, 0.15) is 11.1 Å². The van der Waals surface area contributed by atoms with E-state index in [0.717, 1.165) is 17.3 Å². The van der Waals surface area contributed by atoms with Crippen LogP contribution in [0.5, 0.6) is 0 Å². The topological polar surface area (TPSA) is 0 Å². The first-order chi connectivity index (χ1) is 10.3. The minimum Gasteiger partial charge on any atom is -0.0620 e. The first-order valence-electron chi connectivity index (χ1n) is 7.29. The fourth-order valence-corrected chi connectivity index (χ4v) is 3.53. The maximum Gasteiger partial charge on any atom is 0.0175 e. The van der Waals surface area contributed by atoms with Crippen molar-refractivity contribution in [1.29, 1.82) is 0 Å². The second kappa shape index (κ2) is 5.16. The van der Waals surface area contributed by atoms with E-state index in [-0.39, 0.29) is 0 Å². The number of hydrogen-bond donors (Lipinski definition) is 0. The maximum atomic E-state index is 3.51. The molecule has 0 atom stereocenters. The van der Waals surface area contributed by atoms with E-state index in [1.807, 2.05) is 0 Å². The van der Waals surface area contributed by atoms with Crippen LogP contribution in [-0.2, 0) is 12.8 Å². The quantitative estimate of drug-likeness (QED) is 0.521. The Hall–Kier alpha value is -1.86. The zero-order chi connectivity index (χ0) is 14.2. The monoisotopic (exact) mass is 334 g/mol. The Morgan fingerprint density at radius 2 is 1.33 bits per heavy atom. The summed E-state index contributed by atoms with van der Waals surface area (Å²) in [5.74, 6) is 0. The lowest BCUT2D eigenvalue weighted by Crippen LogP contribution is -2.05. The third kappa shape index (κ3) is 2.22. The van der Waals surface area contributed by atoms with E-state index in [4.69, 9.17) is 0 Å². The highest BCUT2D eigenvalue weighted by atomic mass is 79.9. The molecule has 1 aliphatic rings. The first kappa shape index (κ1) is 12.8. The highest BCUT2D eigenvalue weighted by molar-refractivity contribution is 9.10. The normalized spacial score (nSPS) is 12.6. The van der Waals surface area contributed by atoms with Gasteiger partial charge in [0.2, 0.25) is 0 Å². The van der Waals surface area contributed by atoms with Gasteiger partial charge in [0, 0.05) is 4.47 Å². The molecule has 0 fully saturated rings. The van der Waals surface area contributed by atoms with Crippen molar-refractivity contribution in [2.24, 2.45) is 0 Å². The highest BCUT2D eigenvalue weighted by Crippen LogP contribution is 2.38. The van der Waals surface area contributed by atoms with E-state index in [2.05, 4.69) is 82.7 Å². The summed E-state index contributed by atoms with van der Waals surface area (Å²) in [6.07, 6.45) is 2.26. The molecule has 0 aliphatic heterocycles. The van der Waals surface area contributed by atoms with Gasteiger partial charge >= 0.3 is 0 Å². The van der Waals surface area contributed by atoms with Gasteiger partial charge in [-0.25, -0.2) is 0 Å². The fourth-order valence-electron chi connectivity index (χ4n) is 3.27. The number of aryl methyl sites for hydroxylation is 1. The SMILES string of the molecule is Brc1ccc(-c2cccc3c2CCc2ccccc2-3)cc1. The van der Waals surface area contributed by atoms with Gasteiger partial charge in [-0.3, -0.25) is 0 Å². The zero-order valence-electron chi connectivity index (χ0n) is 11.6. The summed E-state index contributed by atoms with van der Waals surface area (Å²) in [5, 5.41) is 0. The summed E-state index contributed by atoms with van der Waals surface area (Å²) in [5.41, 5.74) is 8.43. The van der Waals surface area contributed by atoms with E-state index < -0.39 is 0 Å². The molecule has 1 aliphatic carbocycles. The van der Waals surface area contributed by atoms with Crippen molar-refractivity contribution in [2.45, 2.75) is 12.8 Å². The average Bonchev–Trinajstić information content (AvgIpc) is 2.55. The van der Waals surface area contributed by atoms with Gasteiger partial charge in [-0.05, 0) is 58.4 Å². The molecular weight excluding hydrogens is 320 g/mol. The molecule has 0 aromatic heterocycles. The molecule has 4 rings (SSSR count). The molecule has 3 aromatic rings. The zero-order valence-corrected chi connectivity index (χ0v) is 13.2. The van der Waals surface area contributed by atoms with Crippen LogP contribution in [0.3, 0.4) is 0 Å². The van der Waals surface area contributed by atoms with Crippen LogP contribution in [0.4, 0.5) is 0 Å². The predicted molar refractivity (Wildman–Crippen MR) is 92.4 cm³/mol. The summed E-state index contributed by atoms with van der Waals surface area (Å²) in [4.78, 5) is 0. The predicted octanol–water partition coefficient (Wildman–Crippen LogP) is 5.88. The van der Waals surface area contributed by atoms with Crippen LogP contribution >= 0.6 is 15.9 Å². The van der Waals surface area contributed by atoms with Crippen LogP contribution in [0, 0.1) is 0 Å². The Balaban J connectivity index is 1.92. The van der Waals surface area contributed by atoms with Crippen LogP contribution in [-0.4, -0.2) is 0 Å². The first-order valence-corrected chi connectivity index (χ1v) is 8.08. The number of hydrogen-bond acceptors (Lipinski definition) is 0.